The van der Waals surface area contributed by atoms with Crippen molar-refractivity contribution in [2.24, 2.45) is 13.0 Å². The minimum atomic E-state index is 0.113. The van der Waals surface area contributed by atoms with Crippen molar-refractivity contribution in [3.8, 4) is 10.6 Å². The van der Waals surface area contributed by atoms with Crippen molar-refractivity contribution in [3.63, 3.8) is 0 Å². The lowest BCUT2D eigenvalue weighted by atomic mass is 9.97. The molecular formula is C22H25N7OS. The van der Waals surface area contributed by atoms with Crippen LogP contribution in [-0.2, 0) is 18.4 Å². The average molecular weight is 436 g/mol. The molecule has 3 N–H and O–H groups in total. The van der Waals surface area contributed by atoms with E-state index in [0.29, 0.717) is 12.2 Å². The van der Waals surface area contributed by atoms with Crippen LogP contribution in [0.15, 0.2) is 30.6 Å². The quantitative estimate of drug-likeness (QED) is 0.446. The van der Waals surface area contributed by atoms with Crippen LogP contribution >= 0.6 is 11.3 Å². The van der Waals surface area contributed by atoms with Gasteiger partial charge in [0.05, 0.1) is 11.8 Å². The monoisotopic (exact) mass is 435 g/mol. The molecule has 0 unspecified atom stereocenters. The maximum atomic E-state index is 12.5. The molecule has 1 saturated heterocycles. The number of aryl methyl sites for hydroxylation is 1. The van der Waals surface area contributed by atoms with Crippen molar-refractivity contribution in [2.45, 2.75) is 19.4 Å². The second kappa shape index (κ2) is 8.24. The number of amides is 1. The highest BCUT2D eigenvalue weighted by atomic mass is 32.1. The van der Waals surface area contributed by atoms with Crippen molar-refractivity contribution < 1.29 is 4.79 Å². The van der Waals surface area contributed by atoms with Crippen molar-refractivity contribution in [1.82, 2.24) is 30.2 Å². The molecular weight excluding hydrogens is 410 g/mol. The van der Waals surface area contributed by atoms with E-state index in [0.717, 1.165) is 63.6 Å². The predicted molar refractivity (Wildman–Crippen MR) is 124 cm³/mol. The van der Waals surface area contributed by atoms with Crippen molar-refractivity contribution in [1.29, 1.82) is 0 Å². The highest BCUT2D eigenvalue weighted by molar-refractivity contribution is 7.22. The Morgan fingerprint density at radius 2 is 2.13 bits per heavy atom. The first-order valence-corrected chi connectivity index (χ1v) is 11.3. The SMILES string of the molecule is CNc1nc2nc(-c3cccc(CNC(=O)C4CCNCC4)c3)sc2c2c1ncn2C. The Morgan fingerprint density at radius 1 is 1.29 bits per heavy atom. The van der Waals surface area contributed by atoms with Gasteiger partial charge in [0.15, 0.2) is 11.5 Å². The van der Waals surface area contributed by atoms with Gasteiger partial charge in [0.25, 0.3) is 0 Å². The fraction of sp³-hybridized carbons (Fsp3) is 0.364. The summed E-state index contributed by atoms with van der Waals surface area (Å²) in [5.41, 5.74) is 4.68. The van der Waals surface area contributed by atoms with E-state index in [2.05, 4.69) is 38.1 Å². The number of hydrogen-bond donors (Lipinski definition) is 3. The van der Waals surface area contributed by atoms with Crippen molar-refractivity contribution in [3.05, 3.63) is 36.2 Å². The lowest BCUT2D eigenvalue weighted by molar-refractivity contribution is -0.125. The molecule has 0 saturated carbocycles. The van der Waals surface area contributed by atoms with Crippen LogP contribution < -0.4 is 16.0 Å². The molecule has 0 radical (unpaired) electrons. The number of rotatable bonds is 5. The molecule has 1 amide bonds. The van der Waals surface area contributed by atoms with E-state index in [1.165, 1.54) is 0 Å². The lowest BCUT2D eigenvalue weighted by Crippen LogP contribution is -2.37. The molecule has 0 spiro atoms. The molecule has 4 heterocycles. The zero-order valence-electron chi connectivity index (χ0n) is 17.6. The summed E-state index contributed by atoms with van der Waals surface area (Å²) in [6.45, 7) is 2.35. The molecule has 1 aliphatic heterocycles. The molecule has 3 aromatic heterocycles. The second-order valence-electron chi connectivity index (χ2n) is 7.88. The van der Waals surface area contributed by atoms with Crippen LogP contribution in [0.3, 0.4) is 0 Å². The normalized spacial score (nSPS) is 14.9. The van der Waals surface area contributed by atoms with Gasteiger partial charge >= 0.3 is 0 Å². The molecule has 0 atom stereocenters. The summed E-state index contributed by atoms with van der Waals surface area (Å²) in [6.07, 6.45) is 3.61. The first kappa shape index (κ1) is 19.9. The smallest absolute Gasteiger partial charge is 0.223 e. The van der Waals surface area contributed by atoms with Crippen molar-refractivity contribution >= 4 is 44.4 Å². The maximum absolute atomic E-state index is 12.5. The Bertz CT molecular complexity index is 1260. The number of carbonyl (C=O) groups is 1. The molecule has 9 heteroatoms. The first-order chi connectivity index (χ1) is 15.1. The van der Waals surface area contributed by atoms with E-state index < -0.39 is 0 Å². The molecule has 31 heavy (non-hydrogen) atoms. The number of pyridine rings is 1. The first-order valence-electron chi connectivity index (χ1n) is 10.5. The standard InChI is InChI=1S/C22H25N7OS/c1-23-19-16-17(29(2)12-26-16)18-20(27-19)28-22(31-18)15-5-3-4-13(10-15)11-25-21(30)14-6-8-24-9-7-14/h3-5,10,12,14,24H,6-9,11H2,1-2H3,(H,23,27)(H,25,30). The average Bonchev–Trinajstić information content (AvgIpc) is 3.41. The van der Waals surface area contributed by atoms with E-state index in [4.69, 9.17) is 4.98 Å². The number of carbonyl (C=O) groups excluding carboxylic acids is 1. The summed E-state index contributed by atoms with van der Waals surface area (Å²) in [7, 11) is 3.83. The van der Waals surface area contributed by atoms with Gasteiger partial charge < -0.3 is 20.5 Å². The summed E-state index contributed by atoms with van der Waals surface area (Å²) in [6, 6.07) is 8.20. The summed E-state index contributed by atoms with van der Waals surface area (Å²) >= 11 is 1.62. The number of anilines is 1. The number of nitrogens with zero attached hydrogens (tertiary/aromatic N) is 4. The highest BCUT2D eigenvalue weighted by Crippen LogP contribution is 2.36. The van der Waals surface area contributed by atoms with E-state index in [-0.39, 0.29) is 11.8 Å². The molecule has 1 fully saturated rings. The van der Waals surface area contributed by atoms with Crippen LogP contribution in [0.1, 0.15) is 18.4 Å². The number of fused-ring (bicyclic) bond motifs is 3. The molecule has 4 aromatic rings. The number of thiazole rings is 1. The molecule has 5 rings (SSSR count). The fourth-order valence-corrected chi connectivity index (χ4v) is 5.19. The van der Waals surface area contributed by atoms with Crippen LogP contribution in [0, 0.1) is 5.92 Å². The van der Waals surface area contributed by atoms with Gasteiger partial charge in [0, 0.05) is 32.1 Å². The third-order valence-corrected chi connectivity index (χ3v) is 6.89. The third-order valence-electron chi connectivity index (χ3n) is 5.79. The minimum Gasteiger partial charge on any atom is -0.371 e. The molecule has 160 valence electrons. The predicted octanol–water partition coefficient (Wildman–Crippen LogP) is 2.90. The van der Waals surface area contributed by atoms with Gasteiger partial charge in [-0.15, -0.1) is 11.3 Å². The number of hydrogen-bond acceptors (Lipinski definition) is 7. The van der Waals surface area contributed by atoms with Gasteiger partial charge in [-0.25, -0.2) is 15.0 Å². The van der Waals surface area contributed by atoms with E-state index in [9.17, 15) is 4.79 Å². The molecule has 0 aliphatic carbocycles. The number of piperidine rings is 1. The zero-order valence-corrected chi connectivity index (χ0v) is 18.4. The third kappa shape index (κ3) is 3.75. The highest BCUT2D eigenvalue weighted by Gasteiger charge is 2.21. The summed E-state index contributed by atoms with van der Waals surface area (Å²) < 4.78 is 3.03. The van der Waals surface area contributed by atoms with Crippen LogP contribution in [0.5, 0.6) is 0 Å². The Kier molecular flexibility index (Phi) is 5.29. The number of nitrogens with one attached hydrogen (secondary N) is 3. The lowest BCUT2D eigenvalue weighted by Gasteiger charge is -2.21. The van der Waals surface area contributed by atoms with Gasteiger partial charge in [-0.1, -0.05) is 18.2 Å². The van der Waals surface area contributed by atoms with Crippen molar-refractivity contribution in [2.75, 3.05) is 25.5 Å². The maximum Gasteiger partial charge on any atom is 0.223 e. The largest absolute Gasteiger partial charge is 0.371 e. The van der Waals surface area contributed by atoms with Crippen LogP contribution in [0.4, 0.5) is 5.82 Å². The number of aromatic nitrogens is 4. The number of imidazole rings is 1. The van der Waals surface area contributed by atoms with Gasteiger partial charge in [-0.05, 0) is 37.6 Å². The number of benzene rings is 1. The van der Waals surface area contributed by atoms with E-state index in [1.54, 1.807) is 17.7 Å². The minimum absolute atomic E-state index is 0.113. The van der Waals surface area contributed by atoms with Crippen LogP contribution in [0.2, 0.25) is 0 Å². The zero-order chi connectivity index (χ0) is 21.4. The molecule has 0 bridgehead atoms. The van der Waals surface area contributed by atoms with Crippen LogP contribution in [0.25, 0.3) is 32.0 Å². The fourth-order valence-electron chi connectivity index (χ4n) is 4.10. The van der Waals surface area contributed by atoms with Gasteiger partial charge in [-0.2, -0.15) is 0 Å². The summed E-state index contributed by atoms with van der Waals surface area (Å²) in [4.78, 5) is 26.4. The summed E-state index contributed by atoms with van der Waals surface area (Å²) in [5.74, 6) is 0.992. The van der Waals surface area contributed by atoms with Crippen LogP contribution in [-0.4, -0.2) is 45.6 Å². The van der Waals surface area contributed by atoms with Gasteiger partial charge in [0.2, 0.25) is 5.91 Å². The second-order valence-corrected chi connectivity index (χ2v) is 8.88. The Labute approximate surface area is 184 Å². The molecule has 1 aromatic carbocycles. The molecule has 1 aliphatic rings. The topological polar surface area (TPSA) is 96.8 Å². The van der Waals surface area contributed by atoms with E-state index >= 15 is 0 Å². The summed E-state index contributed by atoms with van der Waals surface area (Å²) in [5, 5.41) is 10.4. The molecule has 8 nitrogen and oxygen atoms in total. The Balaban J connectivity index is 1.42. The Hall–Kier alpha value is -3.04. The Morgan fingerprint density at radius 3 is 2.94 bits per heavy atom. The van der Waals surface area contributed by atoms with E-state index in [1.807, 2.05) is 30.8 Å². The van der Waals surface area contributed by atoms with Gasteiger partial charge in [0.1, 0.15) is 15.2 Å². The van der Waals surface area contributed by atoms with Gasteiger partial charge in [-0.3, -0.25) is 4.79 Å².